The van der Waals surface area contributed by atoms with E-state index in [1.807, 2.05) is 0 Å². The van der Waals surface area contributed by atoms with Crippen LogP contribution in [0.2, 0.25) is 0 Å². The van der Waals surface area contributed by atoms with Crippen LogP contribution in [0, 0.1) is 17.5 Å². The van der Waals surface area contributed by atoms with E-state index in [0.29, 0.717) is 24.9 Å². The Kier molecular flexibility index (Phi) is 6.52. The number of carbonyl (C=O) groups is 2. The summed E-state index contributed by atoms with van der Waals surface area (Å²) in [5.41, 5.74) is 0.170. The minimum absolute atomic E-state index is 0.00882. The van der Waals surface area contributed by atoms with Crippen LogP contribution in [-0.4, -0.2) is 27.8 Å². The largest absolute Gasteiger partial charge is 0.348 e. The van der Waals surface area contributed by atoms with Gasteiger partial charge in [-0.15, -0.1) is 0 Å². The first-order chi connectivity index (χ1) is 17.8. The average molecular weight is 505 g/mol. The van der Waals surface area contributed by atoms with E-state index in [9.17, 15) is 23.2 Å². The van der Waals surface area contributed by atoms with Gasteiger partial charge < -0.3 is 10.2 Å². The van der Waals surface area contributed by atoms with Crippen LogP contribution in [0.4, 0.5) is 13.2 Å². The fourth-order valence-electron chi connectivity index (χ4n) is 4.69. The van der Waals surface area contributed by atoms with E-state index in [1.165, 1.54) is 47.4 Å². The standard InChI is InChI=1S/C28H22F3N3O3/c29-18-9-11-20(12-10-18)34-23(16-33-13-3-8-24(33)35)26(21-6-2-7-22(31)25(21)28(34)37)27(36)32-15-17-4-1-5-19(30)14-17/h1-2,4-7,9-12,14H,3,8,13,15-16H2,(H,32,36). The van der Waals surface area contributed by atoms with Crippen molar-refractivity contribution in [3.8, 4) is 5.69 Å². The summed E-state index contributed by atoms with van der Waals surface area (Å²) in [7, 11) is 0. The van der Waals surface area contributed by atoms with Crippen molar-refractivity contribution in [1.82, 2.24) is 14.8 Å². The molecule has 0 saturated carbocycles. The second-order valence-corrected chi connectivity index (χ2v) is 8.83. The number of halogens is 3. The number of nitrogens with one attached hydrogen (secondary N) is 1. The van der Waals surface area contributed by atoms with Crippen LogP contribution in [0.1, 0.15) is 34.5 Å². The van der Waals surface area contributed by atoms with E-state index >= 15 is 4.39 Å². The fourth-order valence-corrected chi connectivity index (χ4v) is 4.69. The number of nitrogens with zero attached hydrogens (tertiary/aromatic N) is 2. The van der Waals surface area contributed by atoms with Crippen LogP contribution < -0.4 is 10.9 Å². The van der Waals surface area contributed by atoms with Crippen LogP contribution in [0.5, 0.6) is 0 Å². The van der Waals surface area contributed by atoms with E-state index in [2.05, 4.69) is 5.32 Å². The van der Waals surface area contributed by atoms with Gasteiger partial charge in [0, 0.05) is 30.6 Å². The molecular weight excluding hydrogens is 483 g/mol. The lowest BCUT2D eigenvalue weighted by Gasteiger charge is -2.24. The van der Waals surface area contributed by atoms with Crippen LogP contribution in [0.15, 0.2) is 71.5 Å². The van der Waals surface area contributed by atoms with Gasteiger partial charge in [-0.3, -0.25) is 19.0 Å². The van der Waals surface area contributed by atoms with Crippen molar-refractivity contribution in [1.29, 1.82) is 0 Å². The zero-order valence-electron chi connectivity index (χ0n) is 19.6. The Morgan fingerprint density at radius 2 is 1.68 bits per heavy atom. The number of pyridine rings is 1. The van der Waals surface area contributed by atoms with Crippen molar-refractivity contribution in [2.24, 2.45) is 0 Å². The normalized spacial score (nSPS) is 13.4. The highest BCUT2D eigenvalue weighted by Gasteiger charge is 2.28. The molecule has 2 amide bonds. The number of benzene rings is 3. The van der Waals surface area contributed by atoms with Crippen molar-refractivity contribution in [2.75, 3.05) is 6.54 Å². The molecule has 188 valence electrons. The molecule has 4 aromatic rings. The van der Waals surface area contributed by atoms with Gasteiger partial charge in [0.05, 0.1) is 23.2 Å². The Labute approximate surface area is 209 Å². The molecular formula is C28H22F3N3O3. The molecule has 6 nitrogen and oxygen atoms in total. The highest BCUT2D eigenvalue weighted by molar-refractivity contribution is 6.08. The van der Waals surface area contributed by atoms with Gasteiger partial charge in [-0.2, -0.15) is 0 Å². The zero-order chi connectivity index (χ0) is 26.1. The van der Waals surface area contributed by atoms with E-state index in [0.717, 1.165) is 22.8 Å². The number of hydrogen-bond acceptors (Lipinski definition) is 3. The number of rotatable bonds is 6. The van der Waals surface area contributed by atoms with Crippen LogP contribution in [-0.2, 0) is 17.9 Å². The molecule has 9 heteroatoms. The summed E-state index contributed by atoms with van der Waals surface area (Å²) in [5, 5.41) is 2.51. The summed E-state index contributed by atoms with van der Waals surface area (Å²) in [6.07, 6.45) is 0.965. The van der Waals surface area contributed by atoms with Gasteiger partial charge in [-0.25, -0.2) is 13.2 Å². The minimum atomic E-state index is -0.818. The van der Waals surface area contributed by atoms with Crippen molar-refractivity contribution in [3.63, 3.8) is 0 Å². The van der Waals surface area contributed by atoms with E-state index < -0.39 is 28.9 Å². The Morgan fingerprint density at radius 1 is 0.919 bits per heavy atom. The molecule has 1 N–H and O–H groups in total. The smallest absolute Gasteiger partial charge is 0.266 e. The molecule has 0 unspecified atom stereocenters. The number of fused-ring (bicyclic) bond motifs is 1. The summed E-state index contributed by atoms with van der Waals surface area (Å²) in [6.45, 7) is 0.327. The number of carbonyl (C=O) groups excluding carboxylic acids is 2. The highest BCUT2D eigenvalue weighted by atomic mass is 19.1. The quantitative estimate of drug-likeness (QED) is 0.421. The Morgan fingerprint density at radius 3 is 2.38 bits per heavy atom. The van der Waals surface area contributed by atoms with Gasteiger partial charge in [0.15, 0.2) is 0 Å². The molecule has 0 spiro atoms. The van der Waals surface area contributed by atoms with Gasteiger partial charge in [-0.05, 0) is 54.4 Å². The number of amides is 2. The lowest BCUT2D eigenvalue weighted by molar-refractivity contribution is -0.128. The van der Waals surface area contributed by atoms with Crippen LogP contribution >= 0.6 is 0 Å². The lowest BCUT2D eigenvalue weighted by Crippen LogP contribution is -2.35. The molecule has 5 rings (SSSR count). The molecule has 1 fully saturated rings. The monoisotopic (exact) mass is 505 g/mol. The van der Waals surface area contributed by atoms with Crippen LogP contribution in [0.25, 0.3) is 16.5 Å². The molecule has 0 bridgehead atoms. The lowest BCUT2D eigenvalue weighted by atomic mass is 10.0. The van der Waals surface area contributed by atoms with E-state index in [4.69, 9.17) is 0 Å². The summed E-state index contributed by atoms with van der Waals surface area (Å²) in [5.74, 6) is -2.58. The molecule has 37 heavy (non-hydrogen) atoms. The number of hydrogen-bond donors (Lipinski definition) is 1. The number of likely N-dealkylation sites (tertiary alicyclic amines) is 1. The van der Waals surface area contributed by atoms with E-state index in [-0.39, 0.29) is 46.7 Å². The SMILES string of the molecule is O=C(NCc1cccc(F)c1)c1c(CN2CCCC2=O)n(-c2ccc(F)cc2)c(=O)c2c(F)cccc12. The van der Waals surface area contributed by atoms with Crippen LogP contribution in [0.3, 0.4) is 0 Å². The van der Waals surface area contributed by atoms with Gasteiger partial charge in [0.1, 0.15) is 17.5 Å². The molecule has 0 aliphatic carbocycles. The molecule has 2 heterocycles. The highest BCUT2D eigenvalue weighted by Crippen LogP contribution is 2.27. The summed E-state index contributed by atoms with van der Waals surface area (Å²) in [4.78, 5) is 41.3. The predicted octanol–water partition coefficient (Wildman–Crippen LogP) is 4.46. The Hall–Kier alpha value is -4.40. The van der Waals surface area contributed by atoms with Gasteiger partial charge >= 0.3 is 0 Å². The molecule has 0 radical (unpaired) electrons. The second kappa shape index (κ2) is 9.93. The van der Waals surface area contributed by atoms with Crippen molar-refractivity contribution in [2.45, 2.75) is 25.9 Å². The fraction of sp³-hybridized carbons (Fsp3) is 0.179. The van der Waals surface area contributed by atoms with Gasteiger partial charge in [-0.1, -0.05) is 24.3 Å². The molecule has 0 atom stereocenters. The maximum atomic E-state index is 15.0. The van der Waals surface area contributed by atoms with Crippen molar-refractivity contribution >= 4 is 22.6 Å². The third-order valence-electron chi connectivity index (χ3n) is 6.42. The van der Waals surface area contributed by atoms with E-state index in [1.54, 1.807) is 6.07 Å². The first-order valence-electron chi connectivity index (χ1n) is 11.8. The van der Waals surface area contributed by atoms with Crippen molar-refractivity contribution < 1.29 is 22.8 Å². The van der Waals surface area contributed by atoms with Gasteiger partial charge in [0.25, 0.3) is 11.5 Å². The van der Waals surface area contributed by atoms with Gasteiger partial charge in [0.2, 0.25) is 5.91 Å². The summed E-state index contributed by atoms with van der Waals surface area (Å²) in [6, 6.07) is 14.7. The maximum Gasteiger partial charge on any atom is 0.266 e. The van der Waals surface area contributed by atoms with Crippen molar-refractivity contribution in [3.05, 3.63) is 111 Å². The molecule has 1 saturated heterocycles. The first-order valence-corrected chi connectivity index (χ1v) is 11.8. The Bertz CT molecular complexity index is 1580. The first kappa shape index (κ1) is 24.3. The molecule has 1 aliphatic rings. The molecule has 1 aromatic heterocycles. The number of aromatic nitrogens is 1. The topological polar surface area (TPSA) is 71.4 Å². The summed E-state index contributed by atoms with van der Waals surface area (Å²) < 4.78 is 43.6. The summed E-state index contributed by atoms with van der Waals surface area (Å²) >= 11 is 0. The predicted molar refractivity (Wildman–Crippen MR) is 132 cm³/mol. The minimum Gasteiger partial charge on any atom is -0.348 e. The Balaban J connectivity index is 1.73. The maximum absolute atomic E-state index is 15.0. The third kappa shape index (κ3) is 4.72. The molecule has 1 aliphatic heterocycles. The second-order valence-electron chi connectivity index (χ2n) is 8.83. The third-order valence-corrected chi connectivity index (χ3v) is 6.42. The average Bonchev–Trinajstić information content (AvgIpc) is 3.28. The molecule has 3 aromatic carbocycles. The zero-order valence-corrected chi connectivity index (χ0v) is 19.6.